The Bertz CT molecular complexity index is 1240. The summed E-state index contributed by atoms with van der Waals surface area (Å²) >= 11 is 13.7. The predicted molar refractivity (Wildman–Crippen MR) is 126 cm³/mol. The van der Waals surface area contributed by atoms with E-state index in [2.05, 4.69) is 39.1 Å². The van der Waals surface area contributed by atoms with Gasteiger partial charge in [0.15, 0.2) is 11.0 Å². The second kappa shape index (κ2) is 9.57. The van der Waals surface area contributed by atoms with Gasteiger partial charge in [0.05, 0.1) is 23.0 Å². The number of benzene rings is 3. The van der Waals surface area contributed by atoms with Gasteiger partial charge >= 0.3 is 0 Å². The van der Waals surface area contributed by atoms with E-state index in [0.29, 0.717) is 33.3 Å². The lowest BCUT2D eigenvalue weighted by Crippen LogP contribution is -2.31. The number of aromatic nitrogens is 3. The fourth-order valence-corrected chi connectivity index (χ4v) is 4.41. The Balaban J connectivity index is 1.68. The summed E-state index contributed by atoms with van der Waals surface area (Å²) in [7, 11) is 0. The lowest BCUT2D eigenvalue weighted by atomic mass is 10.1. The van der Waals surface area contributed by atoms with Gasteiger partial charge in [-0.25, -0.2) is 5.84 Å². The molecule has 31 heavy (non-hydrogen) atoms. The minimum Gasteiger partial charge on any atom is -0.377 e. The number of amides is 1. The van der Waals surface area contributed by atoms with Crippen molar-refractivity contribution in [3.05, 3.63) is 76.5 Å². The predicted octanol–water partition coefficient (Wildman–Crippen LogP) is 4.42. The number of hydrogen-bond donors (Lipinski definition) is 3. The molecule has 158 valence electrons. The van der Waals surface area contributed by atoms with Crippen LogP contribution >= 0.6 is 35.0 Å². The molecule has 1 amide bonds. The molecular weight excluding hydrogens is 455 g/mol. The van der Waals surface area contributed by atoms with Gasteiger partial charge in [0.25, 0.3) is 0 Å². The van der Waals surface area contributed by atoms with Gasteiger partial charge < -0.3 is 5.32 Å². The minimum atomic E-state index is -0.322. The summed E-state index contributed by atoms with van der Waals surface area (Å²) < 4.78 is 1.81. The summed E-state index contributed by atoms with van der Waals surface area (Å²) in [5.74, 6) is 5.59. The molecule has 4 N–H and O–H groups in total. The van der Waals surface area contributed by atoms with Crippen molar-refractivity contribution in [3.8, 4) is 5.69 Å². The number of nitrogens with zero attached hydrogens (tertiary/aromatic N) is 3. The minimum absolute atomic E-state index is 0.0938. The van der Waals surface area contributed by atoms with E-state index >= 15 is 0 Å². The molecule has 1 aromatic heterocycles. The standard InChI is InChI=1S/C21H18Cl2N6OS/c22-14-8-9-18(16(23)10-14)29-19(27-28-21(29)31-12-20(30)26-24)11-25-17-7-3-5-13-4-1-2-6-15(13)17/h1-10,25H,11-12,24H2,(H,26,30). The third kappa shape index (κ3) is 4.77. The third-order valence-electron chi connectivity index (χ3n) is 4.57. The van der Waals surface area contributed by atoms with Gasteiger partial charge in [-0.1, -0.05) is 71.4 Å². The summed E-state index contributed by atoms with van der Waals surface area (Å²) in [5.41, 5.74) is 3.76. The Kier molecular flexibility index (Phi) is 6.62. The maximum Gasteiger partial charge on any atom is 0.244 e. The molecule has 0 atom stereocenters. The smallest absolute Gasteiger partial charge is 0.244 e. The molecule has 0 saturated heterocycles. The van der Waals surface area contributed by atoms with Crippen molar-refractivity contribution in [1.82, 2.24) is 20.2 Å². The Morgan fingerprint density at radius 1 is 1.06 bits per heavy atom. The molecule has 7 nitrogen and oxygen atoms in total. The van der Waals surface area contributed by atoms with Gasteiger partial charge in [-0.15, -0.1) is 10.2 Å². The average Bonchev–Trinajstić information content (AvgIpc) is 3.18. The second-order valence-corrected chi connectivity index (χ2v) is 8.35. The van der Waals surface area contributed by atoms with Crippen LogP contribution in [0.25, 0.3) is 16.5 Å². The first-order chi connectivity index (χ1) is 15.1. The van der Waals surface area contributed by atoms with Crippen molar-refractivity contribution in [2.45, 2.75) is 11.7 Å². The summed E-state index contributed by atoms with van der Waals surface area (Å²) in [5, 5.41) is 15.8. The number of hydrogen-bond acceptors (Lipinski definition) is 6. The first kappa shape index (κ1) is 21.5. The second-order valence-electron chi connectivity index (χ2n) is 6.57. The van der Waals surface area contributed by atoms with E-state index in [1.807, 2.05) is 28.8 Å². The summed E-state index contributed by atoms with van der Waals surface area (Å²) in [6.07, 6.45) is 0. The van der Waals surface area contributed by atoms with Crippen LogP contribution in [0.1, 0.15) is 5.82 Å². The van der Waals surface area contributed by atoms with Gasteiger partial charge in [-0.05, 0) is 29.7 Å². The Hall–Kier alpha value is -2.78. The van der Waals surface area contributed by atoms with Crippen LogP contribution in [0.5, 0.6) is 0 Å². The zero-order valence-electron chi connectivity index (χ0n) is 16.2. The average molecular weight is 473 g/mol. The molecule has 10 heteroatoms. The SMILES string of the molecule is NNC(=O)CSc1nnc(CNc2cccc3ccccc23)n1-c1ccc(Cl)cc1Cl. The molecule has 1 heterocycles. The number of thioether (sulfide) groups is 1. The monoisotopic (exact) mass is 472 g/mol. The van der Waals surface area contributed by atoms with Crippen LogP contribution < -0.4 is 16.6 Å². The first-order valence-corrected chi connectivity index (χ1v) is 11.0. The Labute approximate surface area is 192 Å². The lowest BCUT2D eigenvalue weighted by molar-refractivity contribution is -0.118. The Morgan fingerprint density at radius 3 is 2.68 bits per heavy atom. The van der Waals surface area contributed by atoms with Crippen LogP contribution in [0, 0.1) is 0 Å². The number of hydrazine groups is 1. The van der Waals surface area contributed by atoms with E-state index in [0.717, 1.165) is 16.5 Å². The number of nitrogens with two attached hydrogens (primary N) is 1. The molecular formula is C21H18Cl2N6OS. The van der Waals surface area contributed by atoms with Crippen LogP contribution in [-0.4, -0.2) is 26.4 Å². The van der Waals surface area contributed by atoms with Crippen molar-refractivity contribution in [2.75, 3.05) is 11.1 Å². The molecule has 0 spiro atoms. The largest absolute Gasteiger partial charge is 0.377 e. The molecule has 0 fully saturated rings. The van der Waals surface area contributed by atoms with Gasteiger partial charge in [-0.3, -0.25) is 14.8 Å². The molecule has 0 radical (unpaired) electrons. The van der Waals surface area contributed by atoms with Crippen molar-refractivity contribution in [3.63, 3.8) is 0 Å². The van der Waals surface area contributed by atoms with E-state index in [1.165, 1.54) is 11.8 Å². The number of carbonyl (C=O) groups excluding carboxylic acids is 1. The van der Waals surface area contributed by atoms with Gasteiger partial charge in [0, 0.05) is 16.1 Å². The quantitative estimate of drug-likeness (QED) is 0.159. The van der Waals surface area contributed by atoms with Crippen LogP contribution in [0.15, 0.2) is 65.8 Å². The van der Waals surface area contributed by atoms with Crippen molar-refractivity contribution in [2.24, 2.45) is 5.84 Å². The number of rotatable bonds is 7. The van der Waals surface area contributed by atoms with Crippen molar-refractivity contribution < 1.29 is 4.79 Å². The van der Waals surface area contributed by atoms with E-state index in [-0.39, 0.29) is 11.7 Å². The maximum atomic E-state index is 11.6. The highest BCUT2D eigenvalue weighted by atomic mass is 35.5. The van der Waals surface area contributed by atoms with Crippen LogP contribution in [0.3, 0.4) is 0 Å². The zero-order valence-corrected chi connectivity index (χ0v) is 18.5. The number of fused-ring (bicyclic) bond motifs is 1. The topological polar surface area (TPSA) is 97.9 Å². The van der Waals surface area contributed by atoms with Crippen molar-refractivity contribution >= 4 is 57.3 Å². The van der Waals surface area contributed by atoms with E-state index in [4.69, 9.17) is 29.0 Å². The highest BCUT2D eigenvalue weighted by molar-refractivity contribution is 7.99. The van der Waals surface area contributed by atoms with Crippen LogP contribution in [0.2, 0.25) is 10.0 Å². The number of anilines is 1. The molecule has 0 bridgehead atoms. The fourth-order valence-electron chi connectivity index (χ4n) is 3.14. The van der Waals surface area contributed by atoms with E-state index in [1.54, 1.807) is 18.2 Å². The summed E-state index contributed by atoms with van der Waals surface area (Å²) in [4.78, 5) is 11.6. The lowest BCUT2D eigenvalue weighted by Gasteiger charge is -2.14. The highest BCUT2D eigenvalue weighted by Gasteiger charge is 2.18. The number of halogens is 2. The Morgan fingerprint density at radius 2 is 1.87 bits per heavy atom. The molecule has 4 rings (SSSR count). The highest BCUT2D eigenvalue weighted by Crippen LogP contribution is 2.30. The molecule has 0 aliphatic rings. The maximum absolute atomic E-state index is 11.6. The number of nitrogens with one attached hydrogen (secondary N) is 2. The van der Waals surface area contributed by atoms with Crippen LogP contribution in [0.4, 0.5) is 5.69 Å². The third-order valence-corrected chi connectivity index (χ3v) is 6.04. The number of carbonyl (C=O) groups is 1. The molecule has 3 aromatic carbocycles. The first-order valence-electron chi connectivity index (χ1n) is 9.30. The molecule has 0 aliphatic heterocycles. The van der Waals surface area contributed by atoms with Crippen molar-refractivity contribution in [1.29, 1.82) is 0 Å². The molecule has 0 aliphatic carbocycles. The molecule has 4 aromatic rings. The summed E-state index contributed by atoms with van der Waals surface area (Å²) in [6.45, 7) is 0.392. The zero-order chi connectivity index (χ0) is 21.8. The fraction of sp³-hybridized carbons (Fsp3) is 0.0952. The normalized spacial score (nSPS) is 10.9. The van der Waals surface area contributed by atoms with E-state index < -0.39 is 0 Å². The van der Waals surface area contributed by atoms with Gasteiger partial charge in [0.1, 0.15) is 0 Å². The summed E-state index contributed by atoms with van der Waals surface area (Å²) in [6, 6.07) is 19.4. The molecule has 0 saturated carbocycles. The van der Waals surface area contributed by atoms with Crippen LogP contribution in [-0.2, 0) is 11.3 Å². The molecule has 0 unspecified atom stereocenters. The van der Waals surface area contributed by atoms with Gasteiger partial charge in [-0.2, -0.15) is 0 Å². The van der Waals surface area contributed by atoms with E-state index in [9.17, 15) is 4.79 Å². The van der Waals surface area contributed by atoms with Gasteiger partial charge in [0.2, 0.25) is 5.91 Å².